The third-order valence-electron chi connectivity index (χ3n) is 2.20. The Bertz CT molecular complexity index is 261. The molecule has 90 valence electrons. The molecule has 0 aliphatic rings. The molecule has 0 saturated heterocycles. The van der Waals surface area contributed by atoms with Crippen molar-refractivity contribution in [2.24, 2.45) is 5.92 Å². The third kappa shape index (κ3) is 6.48. The lowest BCUT2D eigenvalue weighted by atomic mass is 10.2. The normalized spacial score (nSPS) is 10.9. The number of hydrogen-bond donors (Lipinski definition) is 2. The van der Waals surface area contributed by atoms with Crippen LogP contribution in [0.15, 0.2) is 18.7 Å². The first-order valence-electron chi connectivity index (χ1n) is 5.94. The third-order valence-corrected chi connectivity index (χ3v) is 2.20. The second-order valence-electron chi connectivity index (χ2n) is 4.38. The number of hydrogen-bond acceptors (Lipinski definition) is 4. The van der Waals surface area contributed by atoms with Crippen LogP contribution in [0.25, 0.3) is 0 Å². The Morgan fingerprint density at radius 2 is 1.81 bits per heavy atom. The monoisotopic (exact) mass is 222 g/mol. The van der Waals surface area contributed by atoms with E-state index in [2.05, 4.69) is 34.4 Å². The standard InChI is InChI=1S/C12H22N4/c1-11(2)6-13-4-3-5-14-7-12-8-15-10-16-9-12/h8-11,13-14H,3-7H2,1-2H3. The minimum absolute atomic E-state index is 0.731. The maximum absolute atomic E-state index is 3.97. The van der Waals surface area contributed by atoms with Gasteiger partial charge in [0.15, 0.2) is 0 Å². The van der Waals surface area contributed by atoms with Crippen molar-refractivity contribution in [3.8, 4) is 0 Å². The minimum atomic E-state index is 0.731. The van der Waals surface area contributed by atoms with Gasteiger partial charge < -0.3 is 10.6 Å². The SMILES string of the molecule is CC(C)CNCCCNCc1cncnc1. The maximum Gasteiger partial charge on any atom is 0.115 e. The molecule has 4 nitrogen and oxygen atoms in total. The van der Waals surface area contributed by atoms with Gasteiger partial charge in [-0.05, 0) is 32.0 Å². The zero-order valence-corrected chi connectivity index (χ0v) is 10.2. The summed E-state index contributed by atoms with van der Waals surface area (Å²) in [6.45, 7) is 8.51. The van der Waals surface area contributed by atoms with E-state index in [0.717, 1.165) is 44.1 Å². The molecule has 0 aliphatic carbocycles. The molecule has 0 unspecified atom stereocenters. The molecule has 0 bridgehead atoms. The number of rotatable bonds is 8. The van der Waals surface area contributed by atoms with E-state index in [4.69, 9.17) is 0 Å². The molecule has 1 aromatic rings. The Morgan fingerprint density at radius 3 is 2.50 bits per heavy atom. The average Bonchev–Trinajstić information content (AvgIpc) is 2.29. The van der Waals surface area contributed by atoms with E-state index in [1.54, 1.807) is 6.33 Å². The van der Waals surface area contributed by atoms with Crippen LogP contribution in [0.2, 0.25) is 0 Å². The van der Waals surface area contributed by atoms with Gasteiger partial charge in [-0.1, -0.05) is 13.8 Å². The second kappa shape index (κ2) is 8.19. The average molecular weight is 222 g/mol. The summed E-state index contributed by atoms with van der Waals surface area (Å²) in [6, 6.07) is 0. The van der Waals surface area contributed by atoms with Gasteiger partial charge in [0.1, 0.15) is 6.33 Å². The molecule has 16 heavy (non-hydrogen) atoms. The van der Waals surface area contributed by atoms with Crippen molar-refractivity contribution in [3.63, 3.8) is 0 Å². The van der Waals surface area contributed by atoms with Crippen LogP contribution >= 0.6 is 0 Å². The highest BCUT2D eigenvalue weighted by atomic mass is 14.9. The van der Waals surface area contributed by atoms with Crippen molar-refractivity contribution in [2.75, 3.05) is 19.6 Å². The van der Waals surface area contributed by atoms with Crippen molar-refractivity contribution < 1.29 is 0 Å². The fourth-order valence-corrected chi connectivity index (χ4v) is 1.38. The highest BCUT2D eigenvalue weighted by Crippen LogP contribution is 1.91. The highest BCUT2D eigenvalue weighted by Gasteiger charge is 1.94. The summed E-state index contributed by atoms with van der Waals surface area (Å²) < 4.78 is 0. The summed E-state index contributed by atoms with van der Waals surface area (Å²) in [5.41, 5.74) is 1.14. The second-order valence-corrected chi connectivity index (χ2v) is 4.38. The number of aromatic nitrogens is 2. The van der Waals surface area contributed by atoms with E-state index < -0.39 is 0 Å². The smallest absolute Gasteiger partial charge is 0.115 e. The topological polar surface area (TPSA) is 49.8 Å². The zero-order chi connectivity index (χ0) is 11.6. The van der Waals surface area contributed by atoms with Gasteiger partial charge in [0, 0.05) is 24.5 Å². The summed E-state index contributed by atoms with van der Waals surface area (Å²) in [6.07, 6.45) is 6.40. The summed E-state index contributed by atoms with van der Waals surface area (Å²) in [5, 5.41) is 6.79. The Morgan fingerprint density at radius 1 is 1.12 bits per heavy atom. The van der Waals surface area contributed by atoms with Crippen LogP contribution in [-0.4, -0.2) is 29.6 Å². The van der Waals surface area contributed by atoms with Gasteiger partial charge >= 0.3 is 0 Å². The molecule has 1 rings (SSSR count). The van der Waals surface area contributed by atoms with Gasteiger partial charge in [-0.25, -0.2) is 9.97 Å². The van der Waals surface area contributed by atoms with Gasteiger partial charge in [-0.2, -0.15) is 0 Å². The lowest BCUT2D eigenvalue weighted by molar-refractivity contribution is 0.530. The van der Waals surface area contributed by atoms with E-state index in [1.807, 2.05) is 12.4 Å². The van der Waals surface area contributed by atoms with Gasteiger partial charge in [0.25, 0.3) is 0 Å². The van der Waals surface area contributed by atoms with Crippen molar-refractivity contribution >= 4 is 0 Å². The van der Waals surface area contributed by atoms with Gasteiger partial charge in [-0.3, -0.25) is 0 Å². The fraction of sp³-hybridized carbons (Fsp3) is 0.667. The largest absolute Gasteiger partial charge is 0.316 e. The molecular formula is C12H22N4. The van der Waals surface area contributed by atoms with E-state index in [-0.39, 0.29) is 0 Å². The molecule has 1 heterocycles. The van der Waals surface area contributed by atoms with E-state index >= 15 is 0 Å². The summed E-state index contributed by atoms with van der Waals surface area (Å²) in [5.74, 6) is 0.731. The van der Waals surface area contributed by atoms with Gasteiger partial charge in [0.2, 0.25) is 0 Å². The van der Waals surface area contributed by atoms with Crippen LogP contribution in [0.1, 0.15) is 25.8 Å². The molecule has 0 saturated carbocycles. The molecular weight excluding hydrogens is 200 g/mol. The first-order valence-corrected chi connectivity index (χ1v) is 5.94. The molecule has 0 amide bonds. The predicted octanol–water partition coefficient (Wildman–Crippen LogP) is 1.20. The van der Waals surface area contributed by atoms with Crippen LogP contribution < -0.4 is 10.6 Å². The van der Waals surface area contributed by atoms with Crippen LogP contribution in [-0.2, 0) is 6.54 Å². The quantitative estimate of drug-likeness (QED) is 0.649. The highest BCUT2D eigenvalue weighted by molar-refractivity contribution is 5.01. The van der Waals surface area contributed by atoms with Crippen molar-refractivity contribution in [1.29, 1.82) is 0 Å². The van der Waals surface area contributed by atoms with Gasteiger partial charge in [-0.15, -0.1) is 0 Å². The first kappa shape index (κ1) is 13.1. The molecule has 0 aromatic carbocycles. The predicted molar refractivity (Wildman–Crippen MR) is 66.1 cm³/mol. The molecule has 2 N–H and O–H groups in total. The Balaban J connectivity index is 1.93. The minimum Gasteiger partial charge on any atom is -0.316 e. The van der Waals surface area contributed by atoms with Crippen molar-refractivity contribution in [3.05, 3.63) is 24.3 Å². The van der Waals surface area contributed by atoms with Crippen LogP contribution in [0.5, 0.6) is 0 Å². The maximum atomic E-state index is 3.97. The molecule has 0 fully saturated rings. The van der Waals surface area contributed by atoms with Gasteiger partial charge in [0.05, 0.1) is 0 Å². The molecule has 0 radical (unpaired) electrons. The van der Waals surface area contributed by atoms with Crippen LogP contribution in [0, 0.1) is 5.92 Å². The lowest BCUT2D eigenvalue weighted by Gasteiger charge is -2.07. The summed E-state index contributed by atoms with van der Waals surface area (Å²) in [4.78, 5) is 7.94. The number of nitrogens with one attached hydrogen (secondary N) is 2. The van der Waals surface area contributed by atoms with Crippen molar-refractivity contribution in [2.45, 2.75) is 26.8 Å². The van der Waals surface area contributed by atoms with Crippen LogP contribution in [0.3, 0.4) is 0 Å². The first-order chi connectivity index (χ1) is 7.79. The lowest BCUT2D eigenvalue weighted by Crippen LogP contribution is -2.24. The van der Waals surface area contributed by atoms with Crippen LogP contribution in [0.4, 0.5) is 0 Å². The molecule has 1 aromatic heterocycles. The molecule has 0 spiro atoms. The summed E-state index contributed by atoms with van der Waals surface area (Å²) >= 11 is 0. The fourth-order valence-electron chi connectivity index (χ4n) is 1.38. The zero-order valence-electron chi connectivity index (χ0n) is 10.2. The Kier molecular flexibility index (Phi) is 6.69. The molecule has 4 heteroatoms. The summed E-state index contributed by atoms with van der Waals surface area (Å²) in [7, 11) is 0. The van der Waals surface area contributed by atoms with E-state index in [1.165, 1.54) is 0 Å². The van der Waals surface area contributed by atoms with E-state index in [0.29, 0.717) is 0 Å². The van der Waals surface area contributed by atoms with E-state index in [9.17, 15) is 0 Å². The number of nitrogens with zero attached hydrogens (tertiary/aromatic N) is 2. The Hall–Kier alpha value is -1.00. The molecule has 0 aliphatic heterocycles. The Labute approximate surface area is 97.9 Å². The molecule has 0 atom stereocenters. The van der Waals surface area contributed by atoms with Crippen molar-refractivity contribution in [1.82, 2.24) is 20.6 Å².